The van der Waals surface area contributed by atoms with Gasteiger partial charge in [-0.25, -0.2) is 8.42 Å². The number of amides is 2. The number of nitrogens with zero attached hydrogens (tertiary/aromatic N) is 1. The van der Waals surface area contributed by atoms with Crippen molar-refractivity contribution < 1.29 is 18.0 Å². The van der Waals surface area contributed by atoms with Crippen molar-refractivity contribution in [2.75, 3.05) is 22.8 Å². The molecule has 0 aliphatic carbocycles. The number of hydrogen-bond donors (Lipinski definition) is 2. The third-order valence-electron chi connectivity index (χ3n) is 5.02. The van der Waals surface area contributed by atoms with E-state index in [0.29, 0.717) is 33.8 Å². The van der Waals surface area contributed by atoms with Gasteiger partial charge in [-0.1, -0.05) is 55.3 Å². The van der Waals surface area contributed by atoms with Crippen LogP contribution in [0.25, 0.3) is 12.2 Å². The Bertz CT molecular complexity index is 1150. The van der Waals surface area contributed by atoms with Crippen LogP contribution in [0.15, 0.2) is 59.3 Å². The van der Waals surface area contributed by atoms with Gasteiger partial charge < -0.3 is 5.73 Å². The Hall–Kier alpha value is -3.04. The average molecular weight is 472 g/mol. The van der Waals surface area contributed by atoms with Crippen molar-refractivity contribution in [3.8, 4) is 0 Å². The molecule has 1 heterocycles. The number of imide groups is 1. The van der Waals surface area contributed by atoms with Crippen molar-refractivity contribution in [2.45, 2.75) is 29.1 Å². The van der Waals surface area contributed by atoms with Crippen LogP contribution in [-0.4, -0.2) is 37.4 Å². The number of benzene rings is 2. The van der Waals surface area contributed by atoms with Crippen LogP contribution < -0.4 is 10.5 Å². The van der Waals surface area contributed by atoms with Crippen LogP contribution in [0.4, 0.5) is 11.4 Å². The van der Waals surface area contributed by atoms with E-state index < -0.39 is 15.8 Å². The van der Waals surface area contributed by atoms with E-state index in [1.807, 2.05) is 30.3 Å². The summed E-state index contributed by atoms with van der Waals surface area (Å²) in [4.78, 5) is 26.6. The van der Waals surface area contributed by atoms with Crippen molar-refractivity contribution in [1.29, 1.82) is 0 Å². The van der Waals surface area contributed by atoms with Gasteiger partial charge in [0.05, 0.1) is 17.1 Å². The van der Waals surface area contributed by atoms with Crippen molar-refractivity contribution in [3.05, 3.63) is 60.7 Å². The van der Waals surface area contributed by atoms with Crippen LogP contribution in [0.1, 0.15) is 30.4 Å². The maximum absolute atomic E-state index is 12.8. The molecule has 0 radical (unpaired) electrons. The Morgan fingerprint density at radius 2 is 1.69 bits per heavy atom. The molecule has 0 spiro atoms. The molecule has 3 N–H and O–H groups in total. The van der Waals surface area contributed by atoms with Gasteiger partial charge in [0.1, 0.15) is 0 Å². The van der Waals surface area contributed by atoms with Gasteiger partial charge in [0.15, 0.2) is 0 Å². The van der Waals surface area contributed by atoms with E-state index in [1.165, 1.54) is 17.8 Å². The predicted molar refractivity (Wildman–Crippen MR) is 130 cm³/mol. The van der Waals surface area contributed by atoms with E-state index in [-0.39, 0.29) is 31.2 Å². The molecule has 0 unspecified atom stereocenters. The molecule has 3 rings (SSSR count). The lowest BCUT2D eigenvalue weighted by Crippen LogP contribution is -2.43. The van der Waals surface area contributed by atoms with Gasteiger partial charge in [-0.2, -0.15) is 0 Å². The highest BCUT2D eigenvalue weighted by molar-refractivity contribution is 7.99. The lowest BCUT2D eigenvalue weighted by atomic mass is 10.0. The number of anilines is 2. The number of likely N-dealkylation sites (tertiary alicyclic amines) is 1. The maximum Gasteiger partial charge on any atom is 0.234 e. The molecule has 168 valence electrons. The van der Waals surface area contributed by atoms with Crippen molar-refractivity contribution in [2.24, 2.45) is 0 Å². The van der Waals surface area contributed by atoms with E-state index in [4.69, 9.17) is 5.73 Å². The molecule has 1 aliphatic rings. The molecule has 0 saturated carbocycles. The van der Waals surface area contributed by atoms with Gasteiger partial charge in [0, 0.05) is 40.3 Å². The van der Waals surface area contributed by atoms with E-state index in [2.05, 4.69) is 17.9 Å². The van der Waals surface area contributed by atoms with E-state index >= 15 is 0 Å². The quantitative estimate of drug-likeness (QED) is 0.423. The fourth-order valence-electron chi connectivity index (χ4n) is 3.41. The summed E-state index contributed by atoms with van der Waals surface area (Å²) < 4.78 is 28.2. The van der Waals surface area contributed by atoms with Gasteiger partial charge in [-0.15, -0.1) is 0 Å². The zero-order chi connectivity index (χ0) is 23.3. The molecular weight excluding hydrogens is 446 g/mol. The van der Waals surface area contributed by atoms with Crippen LogP contribution in [0.2, 0.25) is 0 Å². The highest BCUT2D eigenvalue weighted by atomic mass is 32.2. The summed E-state index contributed by atoms with van der Waals surface area (Å²) in [5, 5.41) is 0. The Balaban J connectivity index is 1.89. The second kappa shape index (κ2) is 10.1. The standard InChI is InChI=1S/C23H25N3O4S2/c1-3-17-18(4-2)23(24)20(31-16-9-6-5-7-10-16)15-19(17)25-32(29,30)14-13-26-21(27)11-8-12-22(26)28/h3-7,9-10,15,25H,1-2,8,11-14,24H2. The van der Waals surface area contributed by atoms with E-state index in [9.17, 15) is 18.0 Å². The topological polar surface area (TPSA) is 110 Å². The zero-order valence-electron chi connectivity index (χ0n) is 17.5. The number of nitrogens with one attached hydrogen (secondary N) is 1. The molecule has 2 aromatic carbocycles. The summed E-state index contributed by atoms with van der Waals surface area (Å²) in [6.07, 6.45) is 4.07. The third kappa shape index (κ3) is 5.41. The second-order valence-electron chi connectivity index (χ2n) is 7.20. The minimum Gasteiger partial charge on any atom is -0.397 e. The van der Waals surface area contributed by atoms with Gasteiger partial charge in [-0.05, 0) is 24.6 Å². The molecule has 1 fully saturated rings. The van der Waals surface area contributed by atoms with Crippen molar-refractivity contribution >= 4 is 57.1 Å². The molecule has 1 saturated heterocycles. The number of rotatable bonds is 9. The Labute approximate surface area is 192 Å². The first-order valence-corrected chi connectivity index (χ1v) is 12.5. The molecule has 9 heteroatoms. The fourth-order valence-corrected chi connectivity index (χ4v) is 5.39. The van der Waals surface area contributed by atoms with E-state index in [1.54, 1.807) is 12.1 Å². The third-order valence-corrected chi connectivity index (χ3v) is 7.34. The summed E-state index contributed by atoms with van der Waals surface area (Å²) >= 11 is 1.40. The summed E-state index contributed by atoms with van der Waals surface area (Å²) in [5.74, 6) is -1.09. The molecule has 0 aromatic heterocycles. The molecule has 7 nitrogen and oxygen atoms in total. The van der Waals surface area contributed by atoms with Crippen LogP contribution in [0.3, 0.4) is 0 Å². The van der Waals surface area contributed by atoms with Crippen LogP contribution in [-0.2, 0) is 19.6 Å². The Kier molecular flexibility index (Phi) is 7.42. The van der Waals surface area contributed by atoms with Crippen molar-refractivity contribution in [1.82, 2.24) is 4.90 Å². The van der Waals surface area contributed by atoms with Gasteiger partial charge in [-0.3, -0.25) is 19.2 Å². The molecule has 0 atom stereocenters. The predicted octanol–water partition coefficient (Wildman–Crippen LogP) is 3.99. The number of piperidine rings is 1. The minimum atomic E-state index is -3.87. The highest BCUT2D eigenvalue weighted by Gasteiger charge is 2.27. The first kappa shape index (κ1) is 23.6. The smallest absolute Gasteiger partial charge is 0.234 e. The molecule has 2 amide bonds. The molecule has 1 aliphatic heterocycles. The molecule has 0 bridgehead atoms. The number of hydrogen-bond acceptors (Lipinski definition) is 6. The largest absolute Gasteiger partial charge is 0.397 e. The molecular formula is C23H25N3O4S2. The zero-order valence-corrected chi connectivity index (χ0v) is 19.2. The first-order valence-electron chi connectivity index (χ1n) is 10.0. The Morgan fingerprint density at radius 1 is 1.06 bits per heavy atom. The number of nitrogens with two attached hydrogens (primary N) is 1. The Morgan fingerprint density at radius 3 is 2.28 bits per heavy atom. The lowest BCUT2D eigenvalue weighted by Gasteiger charge is -2.25. The average Bonchev–Trinajstić information content (AvgIpc) is 2.75. The summed E-state index contributed by atoms with van der Waals surface area (Å²) in [5.41, 5.74) is 8.18. The first-order chi connectivity index (χ1) is 15.3. The van der Waals surface area contributed by atoms with Gasteiger partial charge in [0.2, 0.25) is 21.8 Å². The van der Waals surface area contributed by atoms with Crippen LogP contribution in [0.5, 0.6) is 0 Å². The maximum atomic E-state index is 12.8. The monoisotopic (exact) mass is 471 g/mol. The number of nitrogen functional groups attached to an aromatic ring is 1. The SMILES string of the molecule is C=Cc1c(NS(=O)(=O)CCN2C(=O)CCCC2=O)cc(Sc2ccccc2)c(N)c1C=C. The van der Waals surface area contributed by atoms with E-state index in [0.717, 1.165) is 9.80 Å². The number of carbonyl (C=O) groups excluding carboxylic acids is 2. The van der Waals surface area contributed by atoms with Crippen LogP contribution in [0, 0.1) is 0 Å². The summed E-state index contributed by atoms with van der Waals surface area (Å²) in [6, 6.07) is 11.2. The van der Waals surface area contributed by atoms with Crippen molar-refractivity contribution in [3.63, 3.8) is 0 Å². The van der Waals surface area contributed by atoms with Gasteiger partial charge >= 0.3 is 0 Å². The second-order valence-corrected chi connectivity index (χ2v) is 10.2. The molecule has 2 aromatic rings. The minimum absolute atomic E-state index is 0.189. The molecule has 32 heavy (non-hydrogen) atoms. The number of sulfonamides is 1. The summed E-state index contributed by atoms with van der Waals surface area (Å²) in [6.45, 7) is 7.40. The van der Waals surface area contributed by atoms with Crippen LogP contribution >= 0.6 is 11.8 Å². The highest BCUT2D eigenvalue weighted by Crippen LogP contribution is 2.40. The normalized spacial score (nSPS) is 14.3. The van der Waals surface area contributed by atoms with Gasteiger partial charge in [0.25, 0.3) is 0 Å². The summed E-state index contributed by atoms with van der Waals surface area (Å²) in [7, 11) is -3.87. The lowest BCUT2D eigenvalue weighted by molar-refractivity contribution is -0.147. The number of carbonyl (C=O) groups is 2. The fraction of sp³-hybridized carbons (Fsp3) is 0.217.